The van der Waals surface area contributed by atoms with Crippen molar-refractivity contribution >= 4 is 17.4 Å². The number of rotatable bonds is 2. The molecule has 1 fully saturated rings. The van der Waals surface area contributed by atoms with E-state index in [1.54, 1.807) is 11.9 Å². The van der Waals surface area contributed by atoms with Gasteiger partial charge in [0, 0.05) is 13.1 Å². The summed E-state index contributed by atoms with van der Waals surface area (Å²) in [5, 5.41) is 9.51. The third-order valence-corrected chi connectivity index (χ3v) is 3.70. The number of anilines is 1. The Hall–Kier alpha value is -1.08. The van der Waals surface area contributed by atoms with Crippen molar-refractivity contribution in [3.8, 4) is 0 Å². The molecule has 1 aliphatic rings. The van der Waals surface area contributed by atoms with Gasteiger partial charge >= 0.3 is 6.18 Å². The molecule has 0 bridgehead atoms. The van der Waals surface area contributed by atoms with Crippen molar-refractivity contribution in [3.63, 3.8) is 0 Å². The van der Waals surface area contributed by atoms with Crippen LogP contribution in [0.3, 0.4) is 0 Å². The Labute approximate surface area is 119 Å². The van der Waals surface area contributed by atoms with Gasteiger partial charge in [0.15, 0.2) is 5.69 Å². The van der Waals surface area contributed by atoms with Crippen LogP contribution in [0.25, 0.3) is 0 Å². The minimum absolute atomic E-state index is 0.0725. The molecule has 8 heteroatoms. The van der Waals surface area contributed by atoms with Crippen LogP contribution in [0.5, 0.6) is 0 Å². The molecule has 0 saturated heterocycles. The number of aliphatic hydroxyl groups is 1. The number of aliphatic hydroxyl groups excluding tert-OH is 1. The van der Waals surface area contributed by atoms with E-state index in [1.165, 1.54) is 0 Å². The summed E-state index contributed by atoms with van der Waals surface area (Å²) in [6, 6.07) is 0.600. The van der Waals surface area contributed by atoms with Crippen LogP contribution < -0.4 is 4.90 Å². The molecular formula is C12H15ClF3N3O. The molecule has 0 aromatic carbocycles. The molecule has 2 atom stereocenters. The van der Waals surface area contributed by atoms with E-state index >= 15 is 0 Å². The Bertz CT molecular complexity index is 484. The van der Waals surface area contributed by atoms with E-state index in [1.807, 2.05) is 0 Å². The van der Waals surface area contributed by atoms with Gasteiger partial charge in [0.2, 0.25) is 5.28 Å². The number of hydrogen-bond donors (Lipinski definition) is 1. The highest BCUT2D eigenvalue weighted by Crippen LogP contribution is 2.32. The molecule has 1 saturated carbocycles. The second-order valence-corrected chi connectivity index (χ2v) is 5.25. The lowest BCUT2D eigenvalue weighted by Crippen LogP contribution is -2.44. The van der Waals surface area contributed by atoms with E-state index < -0.39 is 23.3 Å². The number of halogens is 4. The van der Waals surface area contributed by atoms with Crippen LogP contribution in [-0.2, 0) is 6.18 Å². The van der Waals surface area contributed by atoms with Gasteiger partial charge in [0.05, 0.1) is 12.1 Å². The van der Waals surface area contributed by atoms with Crippen molar-refractivity contribution in [1.29, 1.82) is 0 Å². The van der Waals surface area contributed by atoms with Crippen molar-refractivity contribution in [2.24, 2.45) is 0 Å². The lowest BCUT2D eigenvalue weighted by molar-refractivity contribution is -0.141. The molecule has 1 aromatic rings. The van der Waals surface area contributed by atoms with Gasteiger partial charge in [-0.2, -0.15) is 13.2 Å². The molecule has 0 aliphatic heterocycles. The molecule has 1 aliphatic carbocycles. The number of nitrogens with zero attached hydrogens (tertiary/aromatic N) is 3. The van der Waals surface area contributed by atoms with Crippen LogP contribution in [0, 0.1) is 0 Å². The maximum absolute atomic E-state index is 12.7. The predicted octanol–water partition coefficient (Wildman–Crippen LogP) is 2.89. The Kier molecular flexibility index (Phi) is 4.39. The third kappa shape index (κ3) is 3.32. The summed E-state index contributed by atoms with van der Waals surface area (Å²) in [4.78, 5) is 8.57. The van der Waals surface area contributed by atoms with Crippen LogP contribution in [-0.4, -0.2) is 34.3 Å². The van der Waals surface area contributed by atoms with E-state index in [4.69, 9.17) is 11.6 Å². The van der Waals surface area contributed by atoms with Gasteiger partial charge in [0.25, 0.3) is 0 Å². The zero-order valence-corrected chi connectivity index (χ0v) is 11.6. The van der Waals surface area contributed by atoms with Gasteiger partial charge < -0.3 is 10.0 Å². The van der Waals surface area contributed by atoms with Crippen molar-refractivity contribution in [1.82, 2.24) is 9.97 Å². The lowest BCUT2D eigenvalue weighted by atomic mass is 9.91. The van der Waals surface area contributed by atoms with E-state index in [9.17, 15) is 18.3 Å². The molecule has 2 rings (SSSR count). The quantitative estimate of drug-likeness (QED) is 0.854. The Morgan fingerprint density at radius 3 is 2.55 bits per heavy atom. The molecule has 0 amide bonds. The summed E-state index contributed by atoms with van der Waals surface area (Å²) >= 11 is 5.56. The fourth-order valence-corrected chi connectivity index (χ4v) is 2.62. The molecule has 4 nitrogen and oxygen atoms in total. The second kappa shape index (κ2) is 5.73. The van der Waals surface area contributed by atoms with Gasteiger partial charge in [-0.25, -0.2) is 9.97 Å². The van der Waals surface area contributed by atoms with E-state index in [2.05, 4.69) is 9.97 Å². The summed E-state index contributed by atoms with van der Waals surface area (Å²) in [6.07, 6.45) is -1.95. The maximum atomic E-state index is 12.7. The smallest absolute Gasteiger partial charge is 0.391 e. The van der Waals surface area contributed by atoms with Crippen LogP contribution in [0.2, 0.25) is 5.28 Å². The topological polar surface area (TPSA) is 49.2 Å². The standard InChI is InChI=1S/C12H15ClF3N3O/c1-19(7-4-2-3-5-8(7)20)10-6-9(12(14,15)16)17-11(13)18-10/h6-8,20H,2-5H2,1H3. The monoisotopic (exact) mass is 309 g/mol. The summed E-state index contributed by atoms with van der Waals surface area (Å²) in [6.45, 7) is 0. The summed E-state index contributed by atoms with van der Waals surface area (Å²) < 4.78 is 38.1. The number of aromatic nitrogens is 2. The van der Waals surface area contributed by atoms with Crippen LogP contribution in [0.1, 0.15) is 31.4 Å². The summed E-state index contributed by atoms with van der Waals surface area (Å²) in [7, 11) is 1.61. The van der Waals surface area contributed by atoms with Gasteiger partial charge in [-0.05, 0) is 24.4 Å². The molecule has 0 spiro atoms. The predicted molar refractivity (Wildman–Crippen MR) is 68.7 cm³/mol. The van der Waals surface area contributed by atoms with Gasteiger partial charge in [-0.3, -0.25) is 0 Å². The second-order valence-electron chi connectivity index (χ2n) is 4.91. The largest absolute Gasteiger partial charge is 0.433 e. The van der Waals surface area contributed by atoms with Crippen molar-refractivity contribution in [3.05, 3.63) is 17.0 Å². The molecule has 1 heterocycles. The average molecular weight is 310 g/mol. The zero-order chi connectivity index (χ0) is 14.9. The Morgan fingerprint density at radius 2 is 1.95 bits per heavy atom. The average Bonchev–Trinajstić information content (AvgIpc) is 2.37. The van der Waals surface area contributed by atoms with E-state index in [-0.39, 0.29) is 11.9 Å². The van der Waals surface area contributed by atoms with Crippen LogP contribution >= 0.6 is 11.6 Å². The Morgan fingerprint density at radius 1 is 1.30 bits per heavy atom. The molecule has 112 valence electrons. The van der Waals surface area contributed by atoms with Crippen molar-refractivity contribution in [2.75, 3.05) is 11.9 Å². The first kappa shape index (κ1) is 15.3. The first-order valence-electron chi connectivity index (χ1n) is 6.31. The maximum Gasteiger partial charge on any atom is 0.433 e. The minimum atomic E-state index is -4.58. The fraction of sp³-hybridized carbons (Fsp3) is 0.667. The molecular weight excluding hydrogens is 295 g/mol. The van der Waals surface area contributed by atoms with Crippen LogP contribution in [0.4, 0.5) is 19.0 Å². The van der Waals surface area contributed by atoms with Crippen molar-refractivity contribution in [2.45, 2.75) is 44.0 Å². The number of alkyl halides is 3. The first-order chi connectivity index (χ1) is 9.29. The molecule has 2 unspecified atom stereocenters. The van der Waals surface area contributed by atoms with Crippen LogP contribution in [0.15, 0.2) is 6.07 Å². The van der Waals surface area contributed by atoms with E-state index in [0.29, 0.717) is 12.8 Å². The van der Waals surface area contributed by atoms with Gasteiger partial charge in [-0.1, -0.05) is 12.8 Å². The van der Waals surface area contributed by atoms with Crippen molar-refractivity contribution < 1.29 is 18.3 Å². The highest BCUT2D eigenvalue weighted by Gasteiger charge is 2.35. The minimum Gasteiger partial charge on any atom is -0.391 e. The molecule has 1 aromatic heterocycles. The summed E-state index contributed by atoms with van der Waals surface area (Å²) in [5.74, 6) is 0.0725. The fourth-order valence-electron chi connectivity index (χ4n) is 2.45. The normalized spacial score (nSPS) is 23.7. The lowest BCUT2D eigenvalue weighted by Gasteiger charge is -2.36. The number of likely N-dealkylation sites (N-methyl/N-ethyl adjacent to an activating group) is 1. The number of hydrogen-bond acceptors (Lipinski definition) is 4. The highest BCUT2D eigenvalue weighted by molar-refractivity contribution is 6.28. The summed E-state index contributed by atoms with van der Waals surface area (Å²) in [5.41, 5.74) is -1.08. The SMILES string of the molecule is CN(c1cc(C(F)(F)F)nc(Cl)n1)C1CCCCC1O. The highest BCUT2D eigenvalue weighted by atomic mass is 35.5. The Balaban J connectivity index is 2.29. The zero-order valence-electron chi connectivity index (χ0n) is 10.9. The third-order valence-electron chi connectivity index (χ3n) is 3.53. The van der Waals surface area contributed by atoms with E-state index in [0.717, 1.165) is 18.9 Å². The molecule has 0 radical (unpaired) electrons. The molecule has 20 heavy (non-hydrogen) atoms. The first-order valence-corrected chi connectivity index (χ1v) is 6.69. The molecule has 1 N–H and O–H groups in total. The van der Waals surface area contributed by atoms with Gasteiger partial charge in [-0.15, -0.1) is 0 Å². The van der Waals surface area contributed by atoms with Gasteiger partial charge in [0.1, 0.15) is 5.82 Å².